The number of alkyl carbamates (subject to hydrolysis) is 1. The lowest BCUT2D eigenvalue weighted by atomic mass is 9.85. The largest absolute Gasteiger partial charge is 0.495 e. The minimum absolute atomic E-state index is 0.419. The van der Waals surface area contributed by atoms with E-state index < -0.39 is 18.1 Å². The van der Waals surface area contributed by atoms with Crippen LogP contribution in [-0.4, -0.2) is 19.1 Å². The monoisotopic (exact) mass is 295 g/mol. The molecule has 2 aliphatic rings. The predicted molar refractivity (Wildman–Crippen MR) is 72.0 cm³/mol. The summed E-state index contributed by atoms with van der Waals surface area (Å²) in [5.74, 6) is -0.0505. The first kappa shape index (κ1) is 13.2. The number of carbonyl (C=O) groups is 2. The number of halogens is 1. The zero-order valence-electron chi connectivity index (χ0n) is 11.0. The fraction of sp³-hybridized carbons (Fsp3) is 0.429. The van der Waals surface area contributed by atoms with Crippen LogP contribution in [0.2, 0.25) is 5.02 Å². The molecule has 6 heteroatoms. The average molecular weight is 296 g/mol. The van der Waals surface area contributed by atoms with Gasteiger partial charge in [-0.25, -0.2) is 4.79 Å². The lowest BCUT2D eigenvalue weighted by molar-refractivity contribution is -0.123. The Morgan fingerprint density at radius 1 is 1.35 bits per heavy atom. The third-order valence-corrected chi connectivity index (χ3v) is 4.03. The van der Waals surface area contributed by atoms with Gasteiger partial charge in [-0.2, -0.15) is 0 Å². The van der Waals surface area contributed by atoms with E-state index in [1.807, 2.05) is 6.07 Å². The first-order valence-corrected chi connectivity index (χ1v) is 6.89. The molecule has 106 valence electrons. The molecule has 1 aromatic carbocycles. The molecule has 0 bridgehead atoms. The Kier molecular flexibility index (Phi) is 3.30. The van der Waals surface area contributed by atoms with Crippen LogP contribution in [0.15, 0.2) is 6.07 Å². The van der Waals surface area contributed by atoms with Crippen LogP contribution >= 0.6 is 11.6 Å². The first-order chi connectivity index (χ1) is 9.61. The van der Waals surface area contributed by atoms with Gasteiger partial charge in [0.1, 0.15) is 5.75 Å². The summed E-state index contributed by atoms with van der Waals surface area (Å²) in [5.41, 5.74) is 2.72. The van der Waals surface area contributed by atoms with Crippen LogP contribution in [0.3, 0.4) is 0 Å². The van der Waals surface area contributed by atoms with Gasteiger partial charge in [-0.15, -0.1) is 0 Å². The lowest BCUT2D eigenvalue weighted by Gasteiger charge is -2.24. The Bertz CT molecular complexity index is 599. The second-order valence-corrected chi connectivity index (χ2v) is 5.33. The molecule has 3 rings (SSSR count). The third kappa shape index (κ3) is 2.02. The van der Waals surface area contributed by atoms with Crippen molar-refractivity contribution in [3.63, 3.8) is 0 Å². The summed E-state index contributed by atoms with van der Waals surface area (Å²) in [7, 11) is 1.49. The Balaban J connectivity index is 2.19. The summed E-state index contributed by atoms with van der Waals surface area (Å²) >= 11 is 6.23. The highest BCUT2D eigenvalue weighted by molar-refractivity contribution is 6.32. The zero-order chi connectivity index (χ0) is 14.3. The standard InChI is InChI=1S/C14H14ClNO4/c1-19-11-9(15)6-7-4-2-3-5-8(7)10(11)12-13(17)16-14(18)20-12/h6,12H,2-5H2,1H3,(H,16,17,18). The van der Waals surface area contributed by atoms with E-state index in [2.05, 4.69) is 5.32 Å². The number of rotatable bonds is 2. The van der Waals surface area contributed by atoms with E-state index in [1.54, 1.807) is 0 Å². The summed E-state index contributed by atoms with van der Waals surface area (Å²) in [6.07, 6.45) is 2.17. The van der Waals surface area contributed by atoms with Crippen molar-refractivity contribution in [3.05, 3.63) is 27.8 Å². The second-order valence-electron chi connectivity index (χ2n) is 4.92. The van der Waals surface area contributed by atoms with Gasteiger partial charge >= 0.3 is 6.09 Å². The van der Waals surface area contributed by atoms with E-state index in [9.17, 15) is 9.59 Å². The van der Waals surface area contributed by atoms with E-state index in [1.165, 1.54) is 7.11 Å². The number of benzene rings is 1. The van der Waals surface area contributed by atoms with Crippen molar-refractivity contribution >= 4 is 23.6 Å². The Morgan fingerprint density at radius 3 is 2.75 bits per heavy atom. The van der Waals surface area contributed by atoms with Crippen molar-refractivity contribution in [2.24, 2.45) is 0 Å². The van der Waals surface area contributed by atoms with Crippen LogP contribution in [0.1, 0.15) is 35.6 Å². The zero-order valence-corrected chi connectivity index (χ0v) is 11.8. The summed E-state index contributed by atoms with van der Waals surface area (Å²) in [6.45, 7) is 0. The molecule has 0 aromatic heterocycles. The number of hydrogen-bond acceptors (Lipinski definition) is 4. The van der Waals surface area contributed by atoms with Gasteiger partial charge in [0.05, 0.1) is 12.1 Å². The number of amides is 2. The molecule has 1 atom stereocenters. The maximum Gasteiger partial charge on any atom is 0.415 e. The minimum atomic E-state index is -0.969. The molecular weight excluding hydrogens is 282 g/mol. The quantitative estimate of drug-likeness (QED) is 0.910. The Labute approximate surface area is 121 Å². The number of ether oxygens (including phenoxy) is 2. The maximum absolute atomic E-state index is 11.9. The molecule has 1 aliphatic carbocycles. The normalized spacial score (nSPS) is 21.2. The summed E-state index contributed by atoms with van der Waals surface area (Å²) in [4.78, 5) is 23.2. The molecule has 1 saturated heterocycles. The van der Waals surface area contributed by atoms with Crippen LogP contribution in [0, 0.1) is 0 Å². The van der Waals surface area contributed by atoms with E-state index in [0.717, 1.165) is 36.8 Å². The molecule has 0 saturated carbocycles. The van der Waals surface area contributed by atoms with Gasteiger partial charge in [0.25, 0.3) is 5.91 Å². The van der Waals surface area contributed by atoms with Crippen LogP contribution in [-0.2, 0) is 22.4 Å². The smallest absolute Gasteiger partial charge is 0.415 e. The third-order valence-electron chi connectivity index (χ3n) is 3.75. The van der Waals surface area contributed by atoms with Crippen molar-refractivity contribution < 1.29 is 19.1 Å². The van der Waals surface area contributed by atoms with Crippen molar-refractivity contribution in [1.82, 2.24) is 5.32 Å². The SMILES string of the molecule is COc1c(Cl)cc2c(c1C1OC(=O)NC1=O)CCCC2. The molecule has 1 unspecified atom stereocenters. The lowest BCUT2D eigenvalue weighted by Crippen LogP contribution is -2.22. The van der Waals surface area contributed by atoms with Crippen LogP contribution in [0.4, 0.5) is 4.79 Å². The Morgan fingerprint density at radius 2 is 2.10 bits per heavy atom. The van der Waals surface area contributed by atoms with Crippen LogP contribution < -0.4 is 10.1 Å². The molecule has 2 amide bonds. The number of aryl methyl sites for hydroxylation is 1. The molecule has 1 N–H and O–H groups in total. The van der Waals surface area contributed by atoms with E-state index >= 15 is 0 Å². The van der Waals surface area contributed by atoms with Crippen molar-refractivity contribution in [1.29, 1.82) is 0 Å². The Hall–Kier alpha value is -1.75. The molecule has 1 fully saturated rings. The van der Waals surface area contributed by atoms with Gasteiger partial charge in [0, 0.05) is 5.56 Å². The van der Waals surface area contributed by atoms with Crippen LogP contribution in [0.25, 0.3) is 0 Å². The number of fused-ring (bicyclic) bond motifs is 1. The fourth-order valence-electron chi connectivity index (χ4n) is 2.91. The molecular formula is C14H14ClNO4. The van der Waals surface area contributed by atoms with Crippen LogP contribution in [0.5, 0.6) is 5.75 Å². The molecule has 1 aromatic rings. The maximum atomic E-state index is 11.9. The number of carbonyl (C=O) groups excluding carboxylic acids is 2. The average Bonchev–Trinajstić information content (AvgIpc) is 2.75. The highest BCUT2D eigenvalue weighted by Gasteiger charge is 2.39. The van der Waals surface area contributed by atoms with E-state index in [0.29, 0.717) is 16.3 Å². The fourth-order valence-corrected chi connectivity index (χ4v) is 3.22. The van der Waals surface area contributed by atoms with Crippen molar-refractivity contribution in [2.45, 2.75) is 31.8 Å². The first-order valence-electron chi connectivity index (χ1n) is 6.51. The molecule has 0 spiro atoms. The van der Waals surface area contributed by atoms with Gasteiger partial charge in [0.15, 0.2) is 0 Å². The van der Waals surface area contributed by atoms with Crippen molar-refractivity contribution in [3.8, 4) is 5.75 Å². The highest BCUT2D eigenvalue weighted by Crippen LogP contribution is 2.42. The number of imide groups is 1. The summed E-state index contributed by atoms with van der Waals surface area (Å²) in [5, 5.41) is 2.59. The molecule has 5 nitrogen and oxygen atoms in total. The van der Waals surface area contributed by atoms with E-state index in [-0.39, 0.29) is 0 Å². The molecule has 1 aliphatic heterocycles. The van der Waals surface area contributed by atoms with Gasteiger partial charge < -0.3 is 9.47 Å². The van der Waals surface area contributed by atoms with E-state index in [4.69, 9.17) is 21.1 Å². The molecule has 1 heterocycles. The number of hydrogen-bond donors (Lipinski definition) is 1. The summed E-state index contributed by atoms with van der Waals surface area (Å²) in [6, 6.07) is 1.88. The molecule has 0 radical (unpaired) electrons. The van der Waals surface area contributed by atoms with Gasteiger partial charge in [-0.3, -0.25) is 10.1 Å². The minimum Gasteiger partial charge on any atom is -0.495 e. The topological polar surface area (TPSA) is 64.6 Å². The predicted octanol–water partition coefficient (Wildman–Crippen LogP) is 2.53. The van der Waals surface area contributed by atoms with Gasteiger partial charge in [-0.05, 0) is 42.9 Å². The number of cyclic esters (lactones) is 1. The second kappa shape index (κ2) is 4.98. The highest BCUT2D eigenvalue weighted by atomic mass is 35.5. The molecule has 20 heavy (non-hydrogen) atoms. The summed E-state index contributed by atoms with van der Waals surface area (Å²) < 4.78 is 10.4. The van der Waals surface area contributed by atoms with Crippen molar-refractivity contribution in [2.75, 3.05) is 7.11 Å². The van der Waals surface area contributed by atoms with Gasteiger partial charge in [-0.1, -0.05) is 11.6 Å². The number of methoxy groups -OCH3 is 1. The number of nitrogens with one attached hydrogen (secondary N) is 1. The van der Waals surface area contributed by atoms with Gasteiger partial charge in [0.2, 0.25) is 6.10 Å².